The van der Waals surface area contributed by atoms with E-state index < -0.39 is 5.97 Å². The van der Waals surface area contributed by atoms with Crippen molar-refractivity contribution >= 4 is 28.9 Å². The number of H-pyrrole nitrogens is 1. The van der Waals surface area contributed by atoms with E-state index in [0.29, 0.717) is 34.6 Å². The van der Waals surface area contributed by atoms with Gasteiger partial charge in [0.05, 0.1) is 14.2 Å². The fourth-order valence-electron chi connectivity index (χ4n) is 3.14. The van der Waals surface area contributed by atoms with Crippen LogP contribution in [0.15, 0.2) is 42.5 Å². The SMILES string of the molecule is COc1ccc2[nH]c(C(=O)O)c(CCNC(=O)/C=C/c3ccc(O)c(OC)c3)c2c1. The summed E-state index contributed by atoms with van der Waals surface area (Å²) in [6.07, 6.45) is 3.29. The molecule has 1 heterocycles. The molecule has 0 radical (unpaired) electrons. The Balaban J connectivity index is 1.68. The average Bonchev–Trinajstić information content (AvgIpc) is 3.11. The number of benzene rings is 2. The van der Waals surface area contributed by atoms with Gasteiger partial charge < -0.3 is 30.0 Å². The van der Waals surface area contributed by atoms with Crippen molar-refractivity contribution in [2.75, 3.05) is 20.8 Å². The van der Waals surface area contributed by atoms with Gasteiger partial charge in [-0.1, -0.05) is 6.07 Å². The summed E-state index contributed by atoms with van der Waals surface area (Å²) in [4.78, 5) is 26.6. The molecule has 1 amide bonds. The van der Waals surface area contributed by atoms with Crippen LogP contribution in [-0.2, 0) is 11.2 Å². The zero-order chi connectivity index (χ0) is 21.7. The van der Waals surface area contributed by atoms with E-state index in [1.165, 1.54) is 19.3 Å². The van der Waals surface area contributed by atoms with Gasteiger partial charge in [-0.2, -0.15) is 0 Å². The molecule has 0 aliphatic carbocycles. The molecular weight excluding hydrogens is 388 g/mol. The second-order valence-electron chi connectivity index (χ2n) is 6.50. The summed E-state index contributed by atoms with van der Waals surface area (Å²) in [6.45, 7) is 0.256. The molecule has 0 saturated carbocycles. The number of hydrogen-bond acceptors (Lipinski definition) is 5. The van der Waals surface area contributed by atoms with Gasteiger partial charge in [0.1, 0.15) is 11.4 Å². The minimum atomic E-state index is -1.06. The first-order chi connectivity index (χ1) is 14.4. The number of aromatic amines is 1. The summed E-state index contributed by atoms with van der Waals surface area (Å²) in [5.41, 5.74) is 2.08. The Hall–Kier alpha value is -3.94. The number of rotatable bonds is 8. The number of amides is 1. The quantitative estimate of drug-likeness (QED) is 0.424. The summed E-state index contributed by atoms with van der Waals surface area (Å²) in [7, 11) is 2.99. The fraction of sp³-hybridized carbons (Fsp3) is 0.182. The van der Waals surface area contributed by atoms with E-state index in [0.717, 1.165) is 5.39 Å². The summed E-state index contributed by atoms with van der Waals surface area (Å²) in [6, 6.07) is 10.0. The number of carboxylic acids is 1. The molecule has 8 heteroatoms. The smallest absolute Gasteiger partial charge is 0.352 e. The lowest BCUT2D eigenvalue weighted by Crippen LogP contribution is -2.24. The molecule has 4 N–H and O–H groups in total. The van der Waals surface area contributed by atoms with Crippen LogP contribution in [0.3, 0.4) is 0 Å². The molecule has 0 atom stereocenters. The molecule has 1 aromatic heterocycles. The lowest BCUT2D eigenvalue weighted by atomic mass is 10.1. The largest absolute Gasteiger partial charge is 0.504 e. The number of carboxylic acid groups (broad SMARTS) is 1. The monoisotopic (exact) mass is 410 g/mol. The first-order valence-corrected chi connectivity index (χ1v) is 9.17. The third-order valence-electron chi connectivity index (χ3n) is 4.63. The zero-order valence-electron chi connectivity index (χ0n) is 16.6. The van der Waals surface area contributed by atoms with Crippen LogP contribution in [-0.4, -0.2) is 47.8 Å². The normalized spacial score (nSPS) is 11.0. The van der Waals surface area contributed by atoms with Crippen LogP contribution in [0, 0.1) is 0 Å². The fourth-order valence-corrected chi connectivity index (χ4v) is 3.14. The molecule has 0 aliphatic heterocycles. The van der Waals surface area contributed by atoms with Gasteiger partial charge in [0, 0.05) is 23.5 Å². The maximum atomic E-state index is 12.1. The number of aromatic nitrogens is 1. The number of ether oxygens (including phenoxy) is 2. The lowest BCUT2D eigenvalue weighted by Gasteiger charge is -2.05. The minimum absolute atomic E-state index is 0.0173. The van der Waals surface area contributed by atoms with Gasteiger partial charge in [0.2, 0.25) is 5.91 Å². The standard InChI is InChI=1S/C22H22N2O6/c1-29-14-5-6-17-16(12-14)15(21(24-17)22(27)28)9-10-23-20(26)8-4-13-3-7-18(25)19(11-13)30-2/h3-8,11-12,24-25H,9-10H2,1-2H3,(H,23,26)(H,27,28)/b8-4+. The highest BCUT2D eigenvalue weighted by molar-refractivity contribution is 5.98. The predicted octanol–water partition coefficient (Wildman–Crippen LogP) is 2.96. The number of carbonyl (C=O) groups is 2. The van der Waals surface area contributed by atoms with Gasteiger partial charge in [-0.3, -0.25) is 4.79 Å². The van der Waals surface area contributed by atoms with Crippen molar-refractivity contribution < 1.29 is 29.3 Å². The van der Waals surface area contributed by atoms with Crippen LogP contribution in [0.1, 0.15) is 21.6 Å². The van der Waals surface area contributed by atoms with E-state index in [1.54, 1.807) is 43.5 Å². The number of aromatic hydroxyl groups is 1. The number of methoxy groups -OCH3 is 2. The van der Waals surface area contributed by atoms with Gasteiger partial charge in [-0.25, -0.2) is 4.79 Å². The van der Waals surface area contributed by atoms with Crippen LogP contribution in [0.2, 0.25) is 0 Å². The number of carbonyl (C=O) groups excluding carboxylic acids is 1. The van der Waals surface area contributed by atoms with Gasteiger partial charge in [0.25, 0.3) is 0 Å². The highest BCUT2D eigenvalue weighted by atomic mass is 16.5. The molecule has 3 rings (SSSR count). The van der Waals surface area contributed by atoms with Gasteiger partial charge in [-0.15, -0.1) is 0 Å². The molecule has 0 saturated heterocycles. The molecule has 0 unspecified atom stereocenters. The van der Waals surface area contributed by atoms with Gasteiger partial charge >= 0.3 is 5.97 Å². The van der Waals surface area contributed by atoms with Crippen molar-refractivity contribution in [1.82, 2.24) is 10.3 Å². The van der Waals surface area contributed by atoms with E-state index in [-0.39, 0.29) is 23.9 Å². The van der Waals surface area contributed by atoms with Crippen molar-refractivity contribution in [2.45, 2.75) is 6.42 Å². The van der Waals surface area contributed by atoms with Gasteiger partial charge in [0.15, 0.2) is 11.5 Å². The summed E-state index contributed by atoms with van der Waals surface area (Å²) in [5, 5.41) is 22.6. The van der Waals surface area contributed by atoms with Crippen molar-refractivity contribution in [3.8, 4) is 17.2 Å². The van der Waals surface area contributed by atoms with E-state index in [2.05, 4.69) is 10.3 Å². The van der Waals surface area contributed by atoms with Crippen LogP contribution in [0.25, 0.3) is 17.0 Å². The number of phenols is 1. The average molecular weight is 410 g/mol. The predicted molar refractivity (Wildman–Crippen MR) is 112 cm³/mol. The van der Waals surface area contributed by atoms with Crippen molar-refractivity contribution in [1.29, 1.82) is 0 Å². The Kier molecular flexibility index (Phi) is 6.26. The molecule has 0 spiro atoms. The Bertz CT molecular complexity index is 1120. The third-order valence-corrected chi connectivity index (χ3v) is 4.63. The summed E-state index contributed by atoms with van der Waals surface area (Å²) in [5.74, 6) is -0.433. The van der Waals surface area contributed by atoms with Gasteiger partial charge in [-0.05, 0) is 54.0 Å². The molecule has 0 fully saturated rings. The van der Waals surface area contributed by atoms with Crippen LogP contribution < -0.4 is 14.8 Å². The molecule has 8 nitrogen and oxygen atoms in total. The highest BCUT2D eigenvalue weighted by Crippen LogP contribution is 2.28. The first-order valence-electron chi connectivity index (χ1n) is 9.17. The van der Waals surface area contributed by atoms with Crippen molar-refractivity contribution in [2.24, 2.45) is 0 Å². The topological polar surface area (TPSA) is 121 Å². The van der Waals surface area contributed by atoms with Crippen molar-refractivity contribution in [3.63, 3.8) is 0 Å². The minimum Gasteiger partial charge on any atom is -0.504 e. The molecule has 3 aromatic rings. The van der Waals surface area contributed by atoms with Crippen molar-refractivity contribution in [3.05, 3.63) is 59.3 Å². The number of phenolic OH excluding ortho intramolecular Hbond substituents is 1. The Morgan fingerprint density at radius 1 is 1.13 bits per heavy atom. The molecule has 2 aromatic carbocycles. The third kappa shape index (κ3) is 4.54. The second-order valence-corrected chi connectivity index (χ2v) is 6.50. The molecule has 30 heavy (non-hydrogen) atoms. The molecule has 0 bridgehead atoms. The Morgan fingerprint density at radius 3 is 2.63 bits per heavy atom. The van der Waals surface area contributed by atoms with Crippen LogP contribution >= 0.6 is 0 Å². The maximum absolute atomic E-state index is 12.1. The summed E-state index contributed by atoms with van der Waals surface area (Å²) >= 11 is 0. The van der Waals surface area contributed by atoms with E-state index in [1.807, 2.05) is 0 Å². The Labute approximate surface area is 172 Å². The summed E-state index contributed by atoms with van der Waals surface area (Å²) < 4.78 is 10.3. The molecule has 0 aliphatic rings. The second kappa shape index (κ2) is 9.04. The maximum Gasteiger partial charge on any atom is 0.352 e. The van der Waals surface area contributed by atoms with E-state index in [9.17, 15) is 19.8 Å². The number of nitrogens with one attached hydrogen (secondary N) is 2. The van der Waals surface area contributed by atoms with Crippen LogP contribution in [0.4, 0.5) is 0 Å². The Morgan fingerprint density at radius 2 is 1.93 bits per heavy atom. The lowest BCUT2D eigenvalue weighted by molar-refractivity contribution is -0.116. The zero-order valence-corrected chi connectivity index (χ0v) is 16.6. The molecular formula is C22H22N2O6. The number of hydrogen-bond donors (Lipinski definition) is 4. The van der Waals surface area contributed by atoms with E-state index in [4.69, 9.17) is 9.47 Å². The van der Waals surface area contributed by atoms with Crippen LogP contribution in [0.5, 0.6) is 17.2 Å². The molecule has 156 valence electrons. The number of aromatic carboxylic acids is 1. The number of fused-ring (bicyclic) bond motifs is 1. The first kappa shape index (κ1) is 20.8. The van der Waals surface area contributed by atoms with E-state index >= 15 is 0 Å². The highest BCUT2D eigenvalue weighted by Gasteiger charge is 2.17.